The Morgan fingerprint density at radius 3 is 2.63 bits per heavy atom. The Balaban J connectivity index is 1.47. The average Bonchev–Trinajstić information content (AvgIpc) is 2.82. The first kappa shape index (κ1) is 25.3. The first-order valence-electron chi connectivity index (χ1n) is 11.5. The number of anilines is 1. The minimum atomic E-state index is -2.49. The van der Waals surface area contributed by atoms with Gasteiger partial charge in [0, 0.05) is 41.2 Å². The van der Waals surface area contributed by atoms with Crippen molar-refractivity contribution < 1.29 is 18.5 Å². The van der Waals surface area contributed by atoms with Crippen LogP contribution in [0.2, 0.25) is 5.02 Å². The Hall–Kier alpha value is -2.82. The van der Waals surface area contributed by atoms with Crippen LogP contribution in [0, 0.1) is 11.7 Å². The molecule has 0 radical (unpaired) electrons. The molecule has 1 saturated heterocycles. The van der Waals surface area contributed by atoms with Crippen LogP contribution in [0.3, 0.4) is 0 Å². The predicted octanol–water partition coefficient (Wildman–Crippen LogP) is 5.73. The number of rotatable bonds is 7. The molecule has 3 aromatic rings. The second kappa shape index (κ2) is 10.4. The van der Waals surface area contributed by atoms with Crippen LogP contribution in [-0.2, 0) is 20.6 Å². The van der Waals surface area contributed by atoms with Crippen molar-refractivity contribution in [3.05, 3.63) is 77.2 Å². The molecule has 0 aliphatic carbocycles. The molecule has 5 nitrogen and oxygen atoms in total. The predicted molar refractivity (Wildman–Crippen MR) is 139 cm³/mol. The maximum absolute atomic E-state index is 14.1. The van der Waals surface area contributed by atoms with Crippen molar-refractivity contribution in [2.24, 2.45) is 5.92 Å². The fourth-order valence-electron chi connectivity index (χ4n) is 4.48. The summed E-state index contributed by atoms with van der Waals surface area (Å²) in [6, 6.07) is 15.4. The number of halogens is 2. The van der Waals surface area contributed by atoms with E-state index in [1.54, 1.807) is 30.5 Å². The summed E-state index contributed by atoms with van der Waals surface area (Å²) in [5.41, 5.74) is 2.45. The number of nitrogens with zero attached hydrogens (tertiary/aromatic N) is 2. The normalized spacial score (nSPS) is 16.4. The molecule has 0 bridgehead atoms. The van der Waals surface area contributed by atoms with Crippen LogP contribution < -0.4 is 10.2 Å². The number of benzene rings is 2. The third kappa shape index (κ3) is 5.88. The maximum atomic E-state index is 14.1. The average molecular weight is 513 g/mol. The van der Waals surface area contributed by atoms with Gasteiger partial charge in [-0.2, -0.15) is 0 Å². The van der Waals surface area contributed by atoms with Crippen LogP contribution in [0.15, 0.2) is 60.8 Å². The van der Waals surface area contributed by atoms with Gasteiger partial charge in [0.2, 0.25) is 5.91 Å². The van der Waals surface area contributed by atoms with Crippen molar-refractivity contribution in [3.63, 3.8) is 0 Å². The molecule has 0 spiro atoms. The largest absolute Gasteiger partial charge is 0.319 e. The molecular weight excluding hydrogens is 486 g/mol. The number of hydrogen-bond acceptors (Lipinski definition) is 4. The monoisotopic (exact) mass is 512 g/mol. The third-order valence-electron chi connectivity index (χ3n) is 6.25. The number of piperidine rings is 1. The number of amides is 1. The van der Waals surface area contributed by atoms with Gasteiger partial charge in [0.15, 0.2) is 0 Å². The number of ketones is 1. The van der Waals surface area contributed by atoms with Crippen LogP contribution in [0.1, 0.15) is 24.8 Å². The molecule has 1 atom stereocenters. The van der Waals surface area contributed by atoms with Crippen LogP contribution in [0.25, 0.3) is 11.3 Å². The molecule has 1 aliphatic rings. The molecular formula is C27H27ClFN2O3P. The summed E-state index contributed by atoms with van der Waals surface area (Å²) in [7, 11) is -2.49. The van der Waals surface area contributed by atoms with Crippen molar-refractivity contribution in [1.29, 1.82) is 0 Å². The highest BCUT2D eigenvalue weighted by atomic mass is 35.5. The quantitative estimate of drug-likeness (QED) is 0.379. The van der Waals surface area contributed by atoms with Crippen molar-refractivity contribution in [1.82, 2.24) is 4.98 Å². The van der Waals surface area contributed by atoms with E-state index in [-0.39, 0.29) is 35.1 Å². The third-order valence-corrected chi connectivity index (χ3v) is 8.03. The minimum Gasteiger partial charge on any atom is -0.319 e. The molecule has 2 aromatic carbocycles. The van der Waals surface area contributed by atoms with Crippen molar-refractivity contribution in [2.75, 3.05) is 24.8 Å². The van der Waals surface area contributed by atoms with E-state index in [1.807, 2.05) is 36.4 Å². The van der Waals surface area contributed by atoms with Gasteiger partial charge in [-0.25, -0.2) is 4.39 Å². The van der Waals surface area contributed by atoms with Crippen LogP contribution in [-0.4, -0.2) is 36.5 Å². The summed E-state index contributed by atoms with van der Waals surface area (Å²) >= 11 is 5.78. The summed E-state index contributed by atoms with van der Waals surface area (Å²) in [5.74, 6) is -1.27. The molecule has 0 saturated carbocycles. The first-order valence-corrected chi connectivity index (χ1v) is 14.5. The lowest BCUT2D eigenvalue weighted by molar-refractivity contribution is -0.128. The molecule has 1 aromatic heterocycles. The Labute approximate surface area is 209 Å². The second-order valence-electron chi connectivity index (χ2n) is 9.25. The molecule has 2 heterocycles. The molecule has 0 unspecified atom stereocenters. The van der Waals surface area contributed by atoms with Crippen molar-refractivity contribution in [3.8, 4) is 11.3 Å². The number of carbonyl (C=O) groups excluding carboxylic acids is 2. The molecule has 0 N–H and O–H groups in total. The Bertz CT molecular complexity index is 1310. The summed E-state index contributed by atoms with van der Waals surface area (Å²) in [6.45, 7) is 4.01. The number of hydrogen-bond donors (Lipinski definition) is 0. The smallest absolute Gasteiger partial charge is 0.230 e. The first-order chi connectivity index (χ1) is 16.6. The lowest BCUT2D eigenvalue weighted by Crippen LogP contribution is -2.42. The SMILES string of the molecule is CP(C)(=O)c1ccccc1-c1ccc(N2CCC[C@@H](CC(=O)Cc3ccc(Cl)cc3F)C2=O)cn1. The van der Waals surface area contributed by atoms with Gasteiger partial charge >= 0.3 is 0 Å². The summed E-state index contributed by atoms with van der Waals surface area (Å²) in [4.78, 5) is 32.0. The maximum Gasteiger partial charge on any atom is 0.230 e. The van der Waals surface area contributed by atoms with E-state index in [1.165, 1.54) is 12.1 Å². The van der Waals surface area contributed by atoms with Crippen LogP contribution in [0.4, 0.5) is 10.1 Å². The second-order valence-corrected chi connectivity index (χ2v) is 12.9. The van der Waals surface area contributed by atoms with Gasteiger partial charge < -0.3 is 9.46 Å². The molecule has 35 heavy (non-hydrogen) atoms. The van der Waals surface area contributed by atoms with Gasteiger partial charge in [0.25, 0.3) is 0 Å². The Morgan fingerprint density at radius 2 is 1.94 bits per heavy atom. The van der Waals surface area contributed by atoms with E-state index in [0.717, 1.165) is 17.3 Å². The van der Waals surface area contributed by atoms with E-state index in [9.17, 15) is 18.5 Å². The topological polar surface area (TPSA) is 67.3 Å². The highest BCUT2D eigenvalue weighted by molar-refractivity contribution is 7.70. The van der Waals surface area contributed by atoms with Crippen molar-refractivity contribution >= 4 is 41.4 Å². The van der Waals surface area contributed by atoms with Gasteiger partial charge in [0.1, 0.15) is 18.7 Å². The molecule has 8 heteroatoms. The van der Waals surface area contributed by atoms with Gasteiger partial charge in [-0.3, -0.25) is 14.6 Å². The van der Waals surface area contributed by atoms with Gasteiger partial charge in [-0.05, 0) is 56.0 Å². The fraction of sp³-hybridized carbons (Fsp3) is 0.296. The zero-order chi connectivity index (χ0) is 25.2. The van der Waals surface area contributed by atoms with Gasteiger partial charge in [0.05, 0.1) is 17.6 Å². The minimum absolute atomic E-state index is 0.0680. The van der Waals surface area contributed by atoms with E-state index in [2.05, 4.69) is 4.98 Å². The van der Waals surface area contributed by atoms with E-state index >= 15 is 0 Å². The number of Topliss-reactive ketones (excluding diaryl/α,β-unsaturated/α-hetero) is 1. The zero-order valence-electron chi connectivity index (χ0n) is 19.7. The molecule has 1 amide bonds. The molecule has 1 fully saturated rings. The molecule has 182 valence electrons. The van der Waals surface area contributed by atoms with Gasteiger partial charge in [-0.1, -0.05) is 41.9 Å². The van der Waals surface area contributed by atoms with E-state index < -0.39 is 18.9 Å². The summed E-state index contributed by atoms with van der Waals surface area (Å²) in [5, 5.41) is 1.04. The number of carbonyl (C=O) groups is 2. The summed E-state index contributed by atoms with van der Waals surface area (Å²) < 4.78 is 26.8. The Kier molecular flexibility index (Phi) is 7.53. The number of aromatic nitrogens is 1. The summed E-state index contributed by atoms with van der Waals surface area (Å²) in [6.07, 6.45) is 3.02. The lowest BCUT2D eigenvalue weighted by Gasteiger charge is -2.32. The van der Waals surface area contributed by atoms with Gasteiger partial charge in [-0.15, -0.1) is 0 Å². The van der Waals surface area contributed by atoms with Crippen LogP contribution in [0.5, 0.6) is 0 Å². The highest BCUT2D eigenvalue weighted by Gasteiger charge is 2.31. The van der Waals surface area contributed by atoms with Crippen LogP contribution >= 0.6 is 18.7 Å². The standard InChI is InChI=1S/C27H27ClFN2O3P/c1-35(2,34)26-8-4-3-7-23(26)25-12-11-21(17-30-25)31-13-5-6-19(27(31)33)15-22(32)14-18-9-10-20(28)16-24(18)29/h3-4,7-12,16-17,19H,5-6,13-15H2,1-2H3/t19-/m0/s1. The van der Waals surface area contributed by atoms with E-state index in [4.69, 9.17) is 11.6 Å². The lowest BCUT2D eigenvalue weighted by atomic mass is 9.90. The number of pyridine rings is 1. The zero-order valence-corrected chi connectivity index (χ0v) is 21.4. The molecule has 4 rings (SSSR count). The van der Waals surface area contributed by atoms with Crippen molar-refractivity contribution in [2.45, 2.75) is 25.7 Å². The highest BCUT2D eigenvalue weighted by Crippen LogP contribution is 2.38. The van der Waals surface area contributed by atoms with E-state index in [0.29, 0.717) is 24.3 Å². The Morgan fingerprint density at radius 1 is 1.17 bits per heavy atom. The fourth-order valence-corrected chi connectivity index (χ4v) is 5.86. The molecule has 1 aliphatic heterocycles.